The number of benzene rings is 2. The summed E-state index contributed by atoms with van der Waals surface area (Å²) < 4.78 is 16.2. The van der Waals surface area contributed by atoms with Crippen LogP contribution in [0.4, 0.5) is 17.5 Å². The molecule has 9 nitrogen and oxygen atoms in total. The molecule has 10 heteroatoms. The fourth-order valence-electron chi connectivity index (χ4n) is 4.20. The van der Waals surface area contributed by atoms with Crippen LogP contribution in [0.2, 0.25) is 5.02 Å². The highest BCUT2D eigenvalue weighted by Gasteiger charge is 2.26. The molecule has 2 heterocycles. The number of ether oxygens (including phenoxy) is 3. The van der Waals surface area contributed by atoms with Crippen LogP contribution in [0.3, 0.4) is 0 Å². The molecule has 1 atom stereocenters. The summed E-state index contributed by atoms with van der Waals surface area (Å²) >= 11 is 5.94. The maximum Gasteiger partial charge on any atom is 0.229 e. The Labute approximate surface area is 215 Å². The summed E-state index contributed by atoms with van der Waals surface area (Å²) in [7, 11) is 4.69. The first-order valence-corrected chi connectivity index (χ1v) is 12.1. The maximum atomic E-state index is 12.9. The Morgan fingerprint density at radius 3 is 2.47 bits per heavy atom. The summed E-state index contributed by atoms with van der Waals surface area (Å²) in [5.74, 6) is 2.67. The lowest BCUT2D eigenvalue weighted by atomic mass is 9.97. The Hall–Kier alpha value is -3.72. The van der Waals surface area contributed by atoms with Gasteiger partial charge in [-0.15, -0.1) is 0 Å². The zero-order valence-electron chi connectivity index (χ0n) is 20.6. The van der Waals surface area contributed by atoms with Gasteiger partial charge in [-0.1, -0.05) is 23.7 Å². The molecule has 1 aliphatic rings. The monoisotopic (exact) mass is 511 g/mol. The van der Waals surface area contributed by atoms with Gasteiger partial charge in [-0.25, -0.2) is 4.98 Å². The quantitative estimate of drug-likeness (QED) is 0.435. The first-order valence-electron chi connectivity index (χ1n) is 11.7. The molecule has 1 aliphatic heterocycles. The maximum absolute atomic E-state index is 12.9. The lowest BCUT2D eigenvalue weighted by Gasteiger charge is -2.33. The normalized spacial score (nSPS) is 15.2. The fourth-order valence-corrected chi connectivity index (χ4v) is 4.33. The van der Waals surface area contributed by atoms with Crippen molar-refractivity contribution in [3.05, 3.63) is 59.2 Å². The van der Waals surface area contributed by atoms with Gasteiger partial charge in [0.2, 0.25) is 17.6 Å². The van der Waals surface area contributed by atoms with E-state index >= 15 is 0 Å². The van der Waals surface area contributed by atoms with Gasteiger partial charge in [0.25, 0.3) is 0 Å². The van der Waals surface area contributed by atoms with Crippen LogP contribution in [0, 0.1) is 5.92 Å². The van der Waals surface area contributed by atoms with Crippen molar-refractivity contribution in [1.29, 1.82) is 0 Å². The number of methoxy groups -OCH3 is 3. The van der Waals surface area contributed by atoms with E-state index in [1.807, 2.05) is 30.3 Å². The van der Waals surface area contributed by atoms with Crippen LogP contribution in [0.25, 0.3) is 0 Å². The Bertz CT molecular complexity index is 1170. The van der Waals surface area contributed by atoms with Crippen LogP contribution >= 0.6 is 11.6 Å². The van der Waals surface area contributed by atoms with Gasteiger partial charge in [-0.2, -0.15) is 4.98 Å². The van der Waals surface area contributed by atoms with E-state index in [1.54, 1.807) is 39.7 Å². The molecule has 2 N–H and O–H groups in total. The zero-order valence-corrected chi connectivity index (χ0v) is 21.3. The van der Waals surface area contributed by atoms with E-state index in [0.29, 0.717) is 47.0 Å². The average molecular weight is 512 g/mol. The van der Waals surface area contributed by atoms with Crippen LogP contribution in [0.15, 0.2) is 48.7 Å². The number of amides is 1. The zero-order chi connectivity index (χ0) is 25.5. The summed E-state index contributed by atoms with van der Waals surface area (Å²) in [6, 6.07) is 12.9. The summed E-state index contributed by atoms with van der Waals surface area (Å²) in [5, 5.41) is 6.93. The molecule has 190 valence electrons. The van der Waals surface area contributed by atoms with Crippen molar-refractivity contribution in [2.45, 2.75) is 19.4 Å². The Morgan fingerprint density at radius 2 is 1.81 bits per heavy atom. The number of hydrogen-bond acceptors (Lipinski definition) is 8. The van der Waals surface area contributed by atoms with Gasteiger partial charge >= 0.3 is 0 Å². The summed E-state index contributed by atoms with van der Waals surface area (Å²) in [6.07, 6.45) is 3.44. The van der Waals surface area contributed by atoms with Crippen molar-refractivity contribution < 1.29 is 19.0 Å². The molecule has 0 saturated carbocycles. The molecule has 1 aromatic heterocycles. The number of carbonyl (C=O) groups excluding carboxylic acids is 1. The van der Waals surface area contributed by atoms with Crippen LogP contribution in [-0.2, 0) is 11.3 Å². The highest BCUT2D eigenvalue weighted by Crippen LogP contribution is 2.40. The molecule has 4 rings (SSSR count). The van der Waals surface area contributed by atoms with E-state index < -0.39 is 0 Å². The molecule has 1 fully saturated rings. The Balaban J connectivity index is 1.42. The van der Waals surface area contributed by atoms with Gasteiger partial charge in [0.05, 0.1) is 27.2 Å². The minimum Gasteiger partial charge on any atom is -0.493 e. The van der Waals surface area contributed by atoms with Crippen molar-refractivity contribution in [2.75, 3.05) is 44.6 Å². The standard InChI is InChI=1S/C26H30ClN5O4/c1-34-21-13-20(14-22(35-2)24(21)36-3)30-26-28-11-10-23(31-26)32-12-4-5-18(16-32)25(33)29-15-17-6-8-19(27)9-7-17/h6-11,13-14,18H,4-5,12,15-16H2,1-3H3,(H,29,33)(H,28,30,31)/t18-/m0/s1. The molecular weight excluding hydrogens is 482 g/mol. The lowest BCUT2D eigenvalue weighted by molar-refractivity contribution is -0.125. The third-order valence-electron chi connectivity index (χ3n) is 6.06. The average Bonchev–Trinajstić information content (AvgIpc) is 2.92. The number of piperidine rings is 1. The predicted molar refractivity (Wildman–Crippen MR) is 140 cm³/mol. The van der Waals surface area contributed by atoms with Crippen LogP contribution < -0.4 is 29.7 Å². The molecule has 0 aliphatic carbocycles. The molecule has 0 bridgehead atoms. The highest BCUT2D eigenvalue weighted by molar-refractivity contribution is 6.30. The van der Waals surface area contributed by atoms with E-state index in [1.165, 1.54) is 0 Å². The fraction of sp³-hybridized carbons (Fsp3) is 0.346. The van der Waals surface area contributed by atoms with Crippen molar-refractivity contribution in [3.8, 4) is 17.2 Å². The number of anilines is 3. The van der Waals surface area contributed by atoms with Crippen molar-refractivity contribution in [2.24, 2.45) is 5.92 Å². The van der Waals surface area contributed by atoms with Crippen molar-refractivity contribution in [1.82, 2.24) is 15.3 Å². The second kappa shape index (κ2) is 11.8. The Morgan fingerprint density at radius 1 is 1.08 bits per heavy atom. The smallest absolute Gasteiger partial charge is 0.229 e. The topological polar surface area (TPSA) is 97.8 Å². The number of hydrogen-bond donors (Lipinski definition) is 2. The molecule has 1 saturated heterocycles. The molecule has 2 aromatic carbocycles. The summed E-state index contributed by atoms with van der Waals surface area (Å²) in [4.78, 5) is 24.0. The molecule has 3 aromatic rings. The summed E-state index contributed by atoms with van der Waals surface area (Å²) in [6.45, 7) is 1.89. The second-order valence-electron chi connectivity index (χ2n) is 8.41. The van der Waals surface area contributed by atoms with Gasteiger partial charge < -0.3 is 29.7 Å². The minimum atomic E-state index is -0.118. The predicted octanol–water partition coefficient (Wildman–Crippen LogP) is 4.43. The van der Waals surface area contributed by atoms with E-state index in [4.69, 9.17) is 25.8 Å². The molecule has 0 spiro atoms. The van der Waals surface area contributed by atoms with Gasteiger partial charge in [0, 0.05) is 48.7 Å². The van der Waals surface area contributed by atoms with E-state index in [0.717, 1.165) is 30.8 Å². The largest absolute Gasteiger partial charge is 0.493 e. The molecular formula is C26H30ClN5O4. The second-order valence-corrected chi connectivity index (χ2v) is 8.84. The SMILES string of the molecule is COc1cc(Nc2nccc(N3CCC[C@H](C(=O)NCc4ccc(Cl)cc4)C3)n2)cc(OC)c1OC. The van der Waals surface area contributed by atoms with Crippen LogP contribution in [0.5, 0.6) is 17.2 Å². The number of nitrogens with zero attached hydrogens (tertiary/aromatic N) is 3. The number of nitrogens with one attached hydrogen (secondary N) is 2. The molecule has 1 amide bonds. The summed E-state index contributed by atoms with van der Waals surface area (Å²) in [5.41, 5.74) is 1.71. The van der Waals surface area contributed by atoms with Gasteiger partial charge in [-0.3, -0.25) is 4.79 Å². The minimum absolute atomic E-state index is 0.0412. The number of rotatable bonds is 9. The first kappa shape index (κ1) is 25.4. The highest BCUT2D eigenvalue weighted by atomic mass is 35.5. The first-order chi connectivity index (χ1) is 17.5. The van der Waals surface area contributed by atoms with Gasteiger partial charge in [0.1, 0.15) is 5.82 Å². The van der Waals surface area contributed by atoms with E-state index in [-0.39, 0.29) is 11.8 Å². The van der Waals surface area contributed by atoms with Gasteiger partial charge in [-0.05, 0) is 36.6 Å². The van der Waals surface area contributed by atoms with Crippen LogP contribution in [-0.4, -0.2) is 50.3 Å². The number of carbonyl (C=O) groups is 1. The molecule has 0 unspecified atom stereocenters. The lowest BCUT2D eigenvalue weighted by Crippen LogP contribution is -2.43. The number of halogens is 1. The van der Waals surface area contributed by atoms with E-state index in [2.05, 4.69) is 25.5 Å². The third-order valence-corrected chi connectivity index (χ3v) is 6.31. The van der Waals surface area contributed by atoms with Crippen molar-refractivity contribution in [3.63, 3.8) is 0 Å². The van der Waals surface area contributed by atoms with Crippen molar-refractivity contribution >= 4 is 35.0 Å². The number of aromatic nitrogens is 2. The molecule has 36 heavy (non-hydrogen) atoms. The third kappa shape index (κ3) is 6.09. The Kier molecular flexibility index (Phi) is 8.32. The van der Waals surface area contributed by atoms with Crippen LogP contribution in [0.1, 0.15) is 18.4 Å². The van der Waals surface area contributed by atoms with E-state index in [9.17, 15) is 4.79 Å². The van der Waals surface area contributed by atoms with Gasteiger partial charge in [0.15, 0.2) is 11.5 Å². The molecule has 0 radical (unpaired) electrons.